The maximum Gasteiger partial charge on any atom is 0.0963 e. The molecule has 0 N–H and O–H groups in total. The number of hydrogen-bond acceptors (Lipinski definition) is 3. The standard InChI is InChI=1S/C8H15N3/c1-8-10(2)6-4-9-5-7-11(8)3/h4H,1,5-7H2,2-3H3/b9-4-. The molecule has 0 bridgehead atoms. The fraction of sp³-hybridized carbons (Fsp3) is 0.625. The molecule has 0 aromatic rings. The maximum atomic E-state index is 4.22. The van der Waals surface area contributed by atoms with Gasteiger partial charge in [-0.2, -0.15) is 0 Å². The van der Waals surface area contributed by atoms with Crippen LogP contribution in [0.3, 0.4) is 0 Å². The van der Waals surface area contributed by atoms with E-state index in [0.29, 0.717) is 0 Å². The van der Waals surface area contributed by atoms with Crippen molar-refractivity contribution in [2.75, 3.05) is 33.7 Å². The van der Waals surface area contributed by atoms with Gasteiger partial charge in [-0.05, 0) is 0 Å². The van der Waals surface area contributed by atoms with Gasteiger partial charge >= 0.3 is 0 Å². The van der Waals surface area contributed by atoms with Crippen molar-refractivity contribution in [1.82, 2.24) is 9.80 Å². The normalized spacial score (nSPS) is 22.9. The molecular formula is C8H15N3. The summed E-state index contributed by atoms with van der Waals surface area (Å²) >= 11 is 0. The topological polar surface area (TPSA) is 18.8 Å². The molecule has 0 unspecified atom stereocenters. The Morgan fingerprint density at radius 2 is 2.18 bits per heavy atom. The van der Waals surface area contributed by atoms with Crippen LogP contribution in [-0.2, 0) is 0 Å². The summed E-state index contributed by atoms with van der Waals surface area (Å²) in [4.78, 5) is 8.42. The lowest BCUT2D eigenvalue weighted by atomic mass is 10.4. The van der Waals surface area contributed by atoms with Crippen LogP contribution >= 0.6 is 0 Å². The van der Waals surface area contributed by atoms with Crippen LogP contribution in [0.2, 0.25) is 0 Å². The van der Waals surface area contributed by atoms with Gasteiger partial charge in [0.1, 0.15) is 0 Å². The summed E-state index contributed by atoms with van der Waals surface area (Å²) in [7, 11) is 4.07. The molecule has 0 saturated heterocycles. The Balaban J connectivity index is 2.62. The molecule has 0 amide bonds. The third-order valence-corrected chi connectivity index (χ3v) is 1.93. The van der Waals surface area contributed by atoms with E-state index < -0.39 is 0 Å². The minimum atomic E-state index is 0.864. The van der Waals surface area contributed by atoms with E-state index in [1.54, 1.807) is 0 Å². The van der Waals surface area contributed by atoms with Gasteiger partial charge in [0.15, 0.2) is 0 Å². The van der Waals surface area contributed by atoms with Gasteiger partial charge in [-0.15, -0.1) is 0 Å². The number of aliphatic imine (C=N–C) groups is 1. The lowest BCUT2D eigenvalue weighted by Gasteiger charge is -2.30. The van der Waals surface area contributed by atoms with Crippen molar-refractivity contribution in [3.63, 3.8) is 0 Å². The second-order valence-corrected chi connectivity index (χ2v) is 2.81. The van der Waals surface area contributed by atoms with Gasteiger partial charge in [-0.1, -0.05) is 6.58 Å². The Kier molecular flexibility index (Phi) is 2.52. The highest BCUT2D eigenvalue weighted by molar-refractivity contribution is 5.60. The highest BCUT2D eigenvalue weighted by Gasteiger charge is 2.07. The van der Waals surface area contributed by atoms with Crippen LogP contribution in [0.4, 0.5) is 0 Å². The highest BCUT2D eigenvalue weighted by atomic mass is 15.3. The monoisotopic (exact) mass is 153 g/mol. The molecule has 3 heteroatoms. The smallest absolute Gasteiger partial charge is 0.0963 e. The molecule has 0 aliphatic carbocycles. The molecule has 3 nitrogen and oxygen atoms in total. The molecule has 11 heavy (non-hydrogen) atoms. The summed E-state index contributed by atoms with van der Waals surface area (Å²) in [5.41, 5.74) is 0. The molecule has 0 spiro atoms. The van der Waals surface area contributed by atoms with Gasteiger partial charge in [0.2, 0.25) is 0 Å². The second kappa shape index (κ2) is 3.42. The Bertz CT molecular complexity index is 174. The van der Waals surface area contributed by atoms with Crippen LogP contribution < -0.4 is 0 Å². The number of nitrogens with zero attached hydrogens (tertiary/aromatic N) is 3. The zero-order valence-electron chi connectivity index (χ0n) is 7.25. The molecule has 0 aromatic carbocycles. The van der Waals surface area contributed by atoms with Crippen molar-refractivity contribution in [2.45, 2.75) is 0 Å². The Labute approximate surface area is 68.0 Å². The van der Waals surface area contributed by atoms with E-state index >= 15 is 0 Å². The lowest BCUT2D eigenvalue weighted by Crippen LogP contribution is -2.34. The maximum absolute atomic E-state index is 4.22. The Morgan fingerprint density at radius 3 is 2.91 bits per heavy atom. The van der Waals surface area contributed by atoms with Gasteiger partial charge < -0.3 is 9.80 Å². The van der Waals surface area contributed by atoms with Crippen LogP contribution in [0.15, 0.2) is 17.4 Å². The van der Waals surface area contributed by atoms with E-state index in [0.717, 1.165) is 25.5 Å². The van der Waals surface area contributed by atoms with Gasteiger partial charge in [-0.3, -0.25) is 4.99 Å². The van der Waals surface area contributed by atoms with Crippen molar-refractivity contribution in [3.05, 3.63) is 12.4 Å². The van der Waals surface area contributed by atoms with E-state index in [-0.39, 0.29) is 0 Å². The predicted molar refractivity (Wildman–Crippen MR) is 47.8 cm³/mol. The molecule has 0 aromatic heterocycles. The third-order valence-electron chi connectivity index (χ3n) is 1.93. The Morgan fingerprint density at radius 1 is 1.45 bits per heavy atom. The first kappa shape index (κ1) is 8.11. The average Bonchev–Trinajstić information content (AvgIpc) is 2.00. The van der Waals surface area contributed by atoms with Crippen LogP contribution in [0.5, 0.6) is 0 Å². The summed E-state index contributed by atoms with van der Waals surface area (Å²) in [6.45, 7) is 6.67. The summed E-state index contributed by atoms with van der Waals surface area (Å²) in [6.07, 6.45) is 1.94. The van der Waals surface area contributed by atoms with Crippen LogP contribution in [0.1, 0.15) is 0 Å². The van der Waals surface area contributed by atoms with Gasteiger partial charge in [0.05, 0.1) is 18.9 Å². The Hall–Kier alpha value is -0.990. The van der Waals surface area contributed by atoms with Gasteiger partial charge in [-0.25, -0.2) is 0 Å². The molecule has 0 fully saturated rings. The molecule has 1 aliphatic heterocycles. The van der Waals surface area contributed by atoms with E-state index in [9.17, 15) is 0 Å². The van der Waals surface area contributed by atoms with E-state index in [1.807, 2.05) is 20.3 Å². The fourth-order valence-corrected chi connectivity index (χ4v) is 1.01. The fourth-order valence-electron chi connectivity index (χ4n) is 1.01. The molecule has 0 atom stereocenters. The summed E-state index contributed by atoms with van der Waals surface area (Å²) < 4.78 is 0. The highest BCUT2D eigenvalue weighted by Crippen LogP contribution is 2.03. The first-order valence-corrected chi connectivity index (χ1v) is 3.81. The molecule has 1 rings (SSSR count). The molecule has 1 aliphatic rings. The molecular weight excluding hydrogens is 138 g/mol. The zero-order chi connectivity index (χ0) is 8.27. The summed E-state index contributed by atoms with van der Waals surface area (Å²) in [5.74, 6) is 1.07. The van der Waals surface area contributed by atoms with Gasteiger partial charge in [0, 0.05) is 26.9 Å². The predicted octanol–water partition coefficient (Wildman–Crippen LogP) is 0.406. The first-order valence-electron chi connectivity index (χ1n) is 3.81. The zero-order valence-corrected chi connectivity index (χ0v) is 7.25. The number of rotatable bonds is 0. The van der Waals surface area contributed by atoms with Crippen LogP contribution in [-0.4, -0.2) is 49.7 Å². The van der Waals surface area contributed by atoms with E-state index in [4.69, 9.17) is 0 Å². The third kappa shape index (κ3) is 1.97. The van der Waals surface area contributed by atoms with Crippen LogP contribution in [0.25, 0.3) is 0 Å². The van der Waals surface area contributed by atoms with Crippen molar-refractivity contribution in [2.24, 2.45) is 4.99 Å². The van der Waals surface area contributed by atoms with Crippen LogP contribution in [0, 0.1) is 0 Å². The quantitative estimate of drug-likeness (QED) is 0.502. The van der Waals surface area contributed by atoms with Crippen molar-refractivity contribution in [3.8, 4) is 0 Å². The SMILES string of the molecule is C=C1N(C)C/C=N\CCN1C. The molecule has 0 saturated carbocycles. The molecule has 62 valence electrons. The summed E-state index contributed by atoms with van der Waals surface area (Å²) in [6, 6.07) is 0. The number of likely N-dealkylation sites (N-methyl/N-ethyl adjacent to an activating group) is 1. The molecule has 0 radical (unpaired) electrons. The van der Waals surface area contributed by atoms with Crippen molar-refractivity contribution >= 4 is 6.21 Å². The average molecular weight is 153 g/mol. The minimum Gasteiger partial charge on any atom is -0.360 e. The van der Waals surface area contributed by atoms with Gasteiger partial charge in [0.25, 0.3) is 0 Å². The van der Waals surface area contributed by atoms with Crippen molar-refractivity contribution in [1.29, 1.82) is 0 Å². The molecule has 1 heterocycles. The minimum absolute atomic E-state index is 0.864. The van der Waals surface area contributed by atoms with E-state index in [2.05, 4.69) is 21.4 Å². The lowest BCUT2D eigenvalue weighted by molar-refractivity contribution is 0.292. The van der Waals surface area contributed by atoms with Crippen molar-refractivity contribution < 1.29 is 0 Å². The van der Waals surface area contributed by atoms with E-state index in [1.165, 1.54) is 0 Å². The first-order chi connectivity index (χ1) is 5.22. The summed E-state index contributed by atoms with van der Waals surface area (Å²) in [5, 5.41) is 0. The largest absolute Gasteiger partial charge is 0.360 e. The number of hydrogen-bond donors (Lipinski definition) is 0. The second-order valence-electron chi connectivity index (χ2n) is 2.81.